The third kappa shape index (κ3) is 71.5. The molecule has 0 aliphatic heterocycles. The largest absolute Gasteiger partial charge is 0.300 e. The minimum atomic E-state index is -2.67. The fourth-order valence-corrected chi connectivity index (χ4v) is 8.88. The molecule has 0 N–H and O–H groups in total. The summed E-state index contributed by atoms with van der Waals surface area (Å²) in [5.41, 5.74) is 10.5. The van der Waals surface area contributed by atoms with Gasteiger partial charge in [0.15, 0.2) is 0 Å². The summed E-state index contributed by atoms with van der Waals surface area (Å²) in [6, 6.07) is 137. The van der Waals surface area contributed by atoms with E-state index in [2.05, 4.69) is 232 Å². The molecule has 0 aromatic heterocycles. The lowest BCUT2D eigenvalue weighted by Crippen LogP contribution is -2.28. The summed E-state index contributed by atoms with van der Waals surface area (Å²) in [5, 5.41) is 2.62. The van der Waals surface area contributed by atoms with Crippen LogP contribution in [0, 0.1) is 0 Å². The number of benzene rings is 13. The van der Waals surface area contributed by atoms with Crippen LogP contribution < -0.4 is 0 Å². The van der Waals surface area contributed by atoms with Crippen LogP contribution in [0.5, 0.6) is 0 Å². The topological polar surface area (TPSA) is 51.2 Å². The Bertz CT molecular complexity index is 3370. The van der Waals surface area contributed by atoms with Crippen LogP contribution in [0.4, 0.5) is 0 Å². The molecule has 3 nitrogen and oxygen atoms in total. The summed E-state index contributed by atoms with van der Waals surface area (Å²) in [4.78, 5) is 9.44. The summed E-state index contributed by atoms with van der Waals surface area (Å²) in [7, 11) is -2.67. The molecule has 0 amide bonds. The first-order valence-corrected chi connectivity index (χ1v) is 44.7. The first-order chi connectivity index (χ1) is 56.0. The van der Waals surface area contributed by atoms with E-state index in [1.807, 2.05) is 348 Å². The Kier molecular flexibility index (Phi) is 119. The molecule has 0 bridgehead atoms. The van der Waals surface area contributed by atoms with E-state index in [1.54, 1.807) is 0 Å². The van der Waals surface area contributed by atoms with Crippen LogP contribution in [0.15, 0.2) is 400 Å². The molecule has 4 heteroatoms. The van der Waals surface area contributed by atoms with E-state index in [0.717, 1.165) is 18.9 Å². The van der Waals surface area contributed by atoms with Gasteiger partial charge < -0.3 is 4.79 Å². The lowest BCUT2D eigenvalue weighted by atomic mass is 9.68. The minimum absolute atomic E-state index is 0. The normalized spacial score (nSPS) is 8.53. The van der Waals surface area contributed by atoms with Gasteiger partial charge in [0.25, 0.3) is 0 Å². The van der Waals surface area contributed by atoms with Gasteiger partial charge >= 0.3 is 0 Å². The fourth-order valence-electron chi connectivity index (χ4n) is 8.88. The highest BCUT2D eigenvalue weighted by molar-refractivity contribution is 7.89. The van der Waals surface area contributed by atoms with Crippen molar-refractivity contribution in [2.24, 2.45) is 0 Å². The Morgan fingerprint density at radius 2 is 0.353 bits per heavy atom. The predicted octanol–water partition coefficient (Wildman–Crippen LogP) is 35.9. The molecule has 0 fully saturated rings. The van der Waals surface area contributed by atoms with Crippen LogP contribution in [0.25, 0.3) is 21.9 Å². The minimum Gasteiger partial charge on any atom is -0.300 e. The van der Waals surface area contributed by atoms with Gasteiger partial charge in [0, 0.05) is 12.5 Å². The van der Waals surface area contributed by atoms with Gasteiger partial charge in [-0.05, 0) is 75.5 Å². The molecular weight excluding hydrogens is 1430 g/mol. The summed E-state index contributed by atoms with van der Waals surface area (Å²) in [5.74, 6) is 0.167. The third-order valence-electron chi connectivity index (χ3n) is 12.5. The number of carbonyl (C=O) groups is 1. The maximum absolute atomic E-state index is 9.63. The van der Waals surface area contributed by atoms with Gasteiger partial charge in [0.2, 0.25) is 0 Å². The number of carbonyl (C=O) groups excluding carboxylic acids is 1. The molecule has 640 valence electrons. The molecular formula is C112H168O3S. The van der Waals surface area contributed by atoms with Crippen LogP contribution in [-0.4, -0.2) is 26.7 Å². The van der Waals surface area contributed by atoms with Crippen molar-refractivity contribution in [2.75, 3.05) is 12.5 Å². The van der Waals surface area contributed by atoms with Crippen molar-refractivity contribution >= 4 is 26.4 Å². The zero-order chi connectivity index (χ0) is 88.4. The molecule has 0 atom stereocenters. The SMILES string of the molecule is C.C.CC.CC.CC.CC.CC.CC.CC.CC.CC.CC.CC.CC.CC(C)=O.CCC.CS(C)(=O)=O.c1ccc(C2(c3ccccc3)c3ccccc3-c3ccccc32)cc1.c1ccc(Cc2ccccc2)cc1.c1ccc2ccccc2c1.c1ccccc1.c1ccccc1.c1ccccc1.c1ccccc1.c1ccccc1. The lowest BCUT2D eigenvalue weighted by molar-refractivity contribution is -0.115. The number of ketones is 1. The van der Waals surface area contributed by atoms with Crippen LogP contribution >= 0.6 is 0 Å². The van der Waals surface area contributed by atoms with Crippen molar-refractivity contribution in [2.45, 2.75) is 227 Å². The van der Waals surface area contributed by atoms with Gasteiger partial charge in [-0.2, -0.15) is 0 Å². The summed E-state index contributed by atoms with van der Waals surface area (Å²) < 4.78 is 19.3. The van der Waals surface area contributed by atoms with E-state index in [-0.39, 0.29) is 26.1 Å². The number of hydrogen-bond donors (Lipinski definition) is 0. The fraction of sp³-hybridized carbons (Fsp3) is 0.312. The van der Waals surface area contributed by atoms with Crippen LogP contribution in [0.1, 0.15) is 249 Å². The van der Waals surface area contributed by atoms with E-state index in [1.165, 1.54) is 75.5 Å². The molecule has 0 heterocycles. The second kappa shape index (κ2) is 107. The van der Waals surface area contributed by atoms with E-state index in [9.17, 15) is 13.2 Å². The molecule has 0 spiro atoms. The third-order valence-corrected chi connectivity index (χ3v) is 12.5. The van der Waals surface area contributed by atoms with Crippen molar-refractivity contribution in [1.29, 1.82) is 0 Å². The number of fused-ring (bicyclic) bond motifs is 4. The summed E-state index contributed by atoms with van der Waals surface area (Å²) in [6.45, 7) is 55.3. The highest BCUT2D eigenvalue weighted by atomic mass is 32.2. The van der Waals surface area contributed by atoms with Crippen molar-refractivity contribution in [3.63, 3.8) is 0 Å². The molecule has 14 rings (SSSR count). The first kappa shape index (κ1) is 129. The summed E-state index contributed by atoms with van der Waals surface area (Å²) >= 11 is 0. The van der Waals surface area contributed by atoms with E-state index in [0.29, 0.717) is 0 Å². The maximum Gasteiger partial charge on any atom is 0.144 e. The molecule has 0 unspecified atom stereocenters. The Morgan fingerprint density at radius 1 is 0.233 bits per heavy atom. The number of rotatable bonds is 4. The van der Waals surface area contributed by atoms with Gasteiger partial charge in [-0.3, -0.25) is 0 Å². The van der Waals surface area contributed by atoms with Crippen molar-refractivity contribution in [3.8, 4) is 11.1 Å². The molecule has 13 aromatic rings. The van der Waals surface area contributed by atoms with Crippen LogP contribution in [0.2, 0.25) is 0 Å². The highest BCUT2D eigenvalue weighted by Gasteiger charge is 2.45. The molecule has 0 saturated carbocycles. The van der Waals surface area contributed by atoms with Crippen molar-refractivity contribution in [1.82, 2.24) is 0 Å². The first-order valence-electron chi connectivity index (χ1n) is 42.4. The maximum atomic E-state index is 9.63. The average molecular weight is 1590 g/mol. The number of sulfone groups is 1. The smallest absolute Gasteiger partial charge is 0.144 e. The predicted molar refractivity (Wildman–Crippen MR) is 538 cm³/mol. The molecule has 0 radical (unpaired) electrons. The molecule has 13 aromatic carbocycles. The molecule has 116 heavy (non-hydrogen) atoms. The van der Waals surface area contributed by atoms with Crippen molar-refractivity contribution < 1.29 is 13.2 Å². The average Bonchev–Trinajstić information content (AvgIpc) is 1.54. The molecule has 1 aliphatic rings. The van der Waals surface area contributed by atoms with E-state index < -0.39 is 9.84 Å². The van der Waals surface area contributed by atoms with Gasteiger partial charge in [0.1, 0.15) is 15.6 Å². The lowest BCUT2D eigenvalue weighted by Gasteiger charge is -2.33. The van der Waals surface area contributed by atoms with Crippen LogP contribution in [-0.2, 0) is 26.5 Å². The van der Waals surface area contributed by atoms with Crippen LogP contribution in [0.3, 0.4) is 0 Å². The Morgan fingerprint density at radius 3 is 0.517 bits per heavy atom. The summed E-state index contributed by atoms with van der Waals surface area (Å²) in [6.07, 6.45) is 4.60. The number of Topliss-reactive ketones (excluding diaryl/α,β-unsaturated/α-hetero) is 1. The van der Waals surface area contributed by atoms with Gasteiger partial charge in [-0.1, -0.05) is 602 Å². The van der Waals surface area contributed by atoms with Gasteiger partial charge in [0.05, 0.1) is 5.41 Å². The quantitative estimate of drug-likeness (QED) is 0.176. The highest BCUT2D eigenvalue weighted by Crippen LogP contribution is 2.55. The standard InChI is InChI=1S/C25H18.C13H12.C10H8.5C6H6.C3H6O.C3H8.C2H6O2S.12C2H6.2CH4/c1-3-11-19(12-4-1)25(20-13-5-2-6-14-20)23-17-9-7-15-21(23)22-16-8-10-18-24(22)25;1-3-7-12(8-4-1)11-13-9-5-2-6-10-13;1-2-6-10-8-4-3-7-9(10)5-1;5*1-2-4-6-5-3-1;1-3(2)4;1-3-2;1-5(2,3)4;12*1-2;;/h1-18H;1-10H,11H2;1-8H;5*1-6H;1-2H3;3H2,1-2H3;1-2H3;12*1-2H3;2*1H4. The monoisotopic (exact) mass is 1590 g/mol. The Balaban J connectivity index is -0.000000119. The van der Waals surface area contributed by atoms with Crippen molar-refractivity contribution in [3.05, 3.63) is 434 Å². The Hall–Kier alpha value is -10.3. The van der Waals surface area contributed by atoms with E-state index >= 15 is 0 Å². The zero-order valence-corrected chi connectivity index (χ0v) is 78.0. The van der Waals surface area contributed by atoms with Gasteiger partial charge in [-0.25, -0.2) is 8.42 Å². The molecule has 1 aliphatic carbocycles. The zero-order valence-electron chi connectivity index (χ0n) is 77.2. The van der Waals surface area contributed by atoms with Gasteiger partial charge in [-0.15, -0.1) is 0 Å². The Labute approximate surface area is 719 Å². The molecule has 0 saturated heterocycles. The number of hydrogen-bond acceptors (Lipinski definition) is 3. The second-order valence-electron chi connectivity index (χ2n) is 20.6. The second-order valence-corrected chi connectivity index (χ2v) is 22.9. The van der Waals surface area contributed by atoms with E-state index in [4.69, 9.17) is 0 Å².